The maximum atomic E-state index is 11.2. The second kappa shape index (κ2) is 10.4. The number of carbonyl (C=O) groups excluding carboxylic acids is 1. The van der Waals surface area contributed by atoms with Gasteiger partial charge in [0.15, 0.2) is 0 Å². The van der Waals surface area contributed by atoms with Crippen molar-refractivity contribution in [3.8, 4) is 11.5 Å². The lowest BCUT2D eigenvalue weighted by Crippen LogP contribution is -2.35. The molecule has 8 heteroatoms. The van der Waals surface area contributed by atoms with Crippen LogP contribution in [0, 0.1) is 5.92 Å². The molecule has 132 valence electrons. The summed E-state index contributed by atoms with van der Waals surface area (Å²) in [5.41, 5.74) is 6.37. The average molecular weight is 366 g/mol. The van der Waals surface area contributed by atoms with Crippen LogP contribution in [0.4, 0.5) is 5.69 Å². The van der Waals surface area contributed by atoms with Gasteiger partial charge in [0, 0.05) is 43.5 Å². The molecule has 1 fully saturated rings. The second-order valence-electron chi connectivity index (χ2n) is 5.18. The third-order valence-electron chi connectivity index (χ3n) is 3.76. The molecule has 1 heterocycles. The van der Waals surface area contributed by atoms with Crippen molar-refractivity contribution in [3.63, 3.8) is 0 Å². The van der Waals surface area contributed by atoms with E-state index in [-0.39, 0.29) is 37.3 Å². The zero-order valence-electron chi connectivity index (χ0n) is 13.4. The Labute approximate surface area is 149 Å². The molecule has 1 amide bonds. The van der Waals surface area contributed by atoms with Crippen LogP contribution in [0.1, 0.15) is 6.42 Å². The average Bonchev–Trinajstić information content (AvgIpc) is 3.00. The van der Waals surface area contributed by atoms with Crippen LogP contribution >= 0.6 is 24.8 Å². The Bertz CT molecular complexity index is 481. The monoisotopic (exact) mass is 365 g/mol. The Hall–Kier alpha value is -1.37. The molecule has 0 bridgehead atoms. The highest BCUT2D eigenvalue weighted by atomic mass is 35.5. The molecule has 23 heavy (non-hydrogen) atoms. The fraction of sp³-hybridized carbons (Fsp3) is 0.533. The van der Waals surface area contributed by atoms with Gasteiger partial charge in [-0.25, -0.2) is 0 Å². The first-order valence-electron chi connectivity index (χ1n) is 7.11. The number of hydrogen-bond acceptors (Lipinski definition) is 5. The van der Waals surface area contributed by atoms with Gasteiger partial charge < -0.3 is 25.4 Å². The van der Waals surface area contributed by atoms with Crippen LogP contribution in [0.2, 0.25) is 0 Å². The third kappa shape index (κ3) is 5.97. The number of nitrogens with zero attached hydrogens (tertiary/aromatic N) is 1. The minimum Gasteiger partial charge on any atom is -0.497 e. The summed E-state index contributed by atoms with van der Waals surface area (Å²) in [6.45, 7) is 2.58. The van der Waals surface area contributed by atoms with Gasteiger partial charge in [0.25, 0.3) is 0 Å². The molecule has 3 N–H and O–H groups in total. The number of ether oxygens (including phenoxy) is 2. The Kier molecular flexibility index (Phi) is 9.79. The number of carbonyl (C=O) groups is 1. The van der Waals surface area contributed by atoms with E-state index < -0.39 is 0 Å². The lowest BCUT2D eigenvalue weighted by molar-refractivity contribution is -0.119. The number of halogens is 2. The van der Waals surface area contributed by atoms with Crippen LogP contribution in [-0.4, -0.2) is 46.3 Å². The van der Waals surface area contributed by atoms with Crippen LogP contribution in [0.5, 0.6) is 11.5 Å². The van der Waals surface area contributed by atoms with Crippen molar-refractivity contribution in [2.75, 3.05) is 45.3 Å². The third-order valence-corrected chi connectivity index (χ3v) is 3.76. The van der Waals surface area contributed by atoms with Crippen molar-refractivity contribution in [2.45, 2.75) is 6.42 Å². The highest BCUT2D eigenvalue weighted by Gasteiger charge is 2.23. The van der Waals surface area contributed by atoms with Crippen molar-refractivity contribution in [1.82, 2.24) is 5.32 Å². The molecule has 1 unspecified atom stereocenters. The fourth-order valence-corrected chi connectivity index (χ4v) is 2.54. The van der Waals surface area contributed by atoms with Crippen LogP contribution < -0.4 is 25.4 Å². The van der Waals surface area contributed by atoms with Gasteiger partial charge in [-0.1, -0.05) is 0 Å². The summed E-state index contributed by atoms with van der Waals surface area (Å²) >= 11 is 0. The largest absolute Gasteiger partial charge is 0.497 e. The number of rotatable bonds is 6. The molecule has 1 aromatic carbocycles. The van der Waals surface area contributed by atoms with Gasteiger partial charge in [0.05, 0.1) is 20.8 Å². The summed E-state index contributed by atoms with van der Waals surface area (Å²) in [6.07, 6.45) is 1.05. The molecule has 6 nitrogen and oxygen atoms in total. The van der Waals surface area contributed by atoms with E-state index in [1.807, 2.05) is 18.2 Å². The first-order valence-corrected chi connectivity index (χ1v) is 7.11. The molecule has 1 saturated heterocycles. The predicted molar refractivity (Wildman–Crippen MR) is 96.4 cm³/mol. The summed E-state index contributed by atoms with van der Waals surface area (Å²) in [6, 6.07) is 5.87. The molecule has 0 aromatic heterocycles. The van der Waals surface area contributed by atoms with E-state index in [0.29, 0.717) is 12.5 Å². The number of nitrogens with one attached hydrogen (secondary N) is 1. The number of benzene rings is 1. The quantitative estimate of drug-likeness (QED) is 0.797. The van der Waals surface area contributed by atoms with Crippen molar-refractivity contribution >= 4 is 36.4 Å². The van der Waals surface area contributed by atoms with E-state index in [1.54, 1.807) is 14.2 Å². The fourth-order valence-electron chi connectivity index (χ4n) is 2.54. The predicted octanol–water partition coefficient (Wildman–Crippen LogP) is 1.45. The summed E-state index contributed by atoms with van der Waals surface area (Å²) in [7, 11) is 3.29. The van der Waals surface area contributed by atoms with Gasteiger partial charge in [0.1, 0.15) is 11.5 Å². The van der Waals surface area contributed by atoms with Crippen LogP contribution in [-0.2, 0) is 4.79 Å². The molecule has 0 aliphatic carbocycles. The van der Waals surface area contributed by atoms with E-state index in [9.17, 15) is 4.79 Å². The minimum atomic E-state index is -0.100. The van der Waals surface area contributed by atoms with Crippen molar-refractivity contribution in [3.05, 3.63) is 18.2 Å². The molecule has 1 aliphatic heterocycles. The standard InChI is InChI=1S/C15H23N3O3.2ClH/c1-20-13-5-12(6-14(7-13)21-2)18-4-3-11(10-18)9-17-15(19)8-16;;/h5-7,11H,3-4,8-10,16H2,1-2H3,(H,17,19);2*1H. The van der Waals surface area contributed by atoms with Crippen molar-refractivity contribution < 1.29 is 14.3 Å². The first-order chi connectivity index (χ1) is 10.2. The SMILES string of the molecule is COc1cc(OC)cc(N2CCC(CNC(=O)CN)C2)c1.Cl.Cl. The molecule has 0 saturated carbocycles. The Balaban J connectivity index is 0.00000242. The highest BCUT2D eigenvalue weighted by Crippen LogP contribution is 2.31. The molecular formula is C15H25Cl2N3O3. The summed E-state index contributed by atoms with van der Waals surface area (Å²) in [5.74, 6) is 1.91. The van der Waals surface area contributed by atoms with E-state index >= 15 is 0 Å². The van der Waals surface area contributed by atoms with E-state index in [1.165, 1.54) is 0 Å². The first kappa shape index (κ1) is 21.6. The Morgan fingerprint density at radius 2 is 1.87 bits per heavy atom. The summed E-state index contributed by atoms with van der Waals surface area (Å²) < 4.78 is 10.6. The number of amides is 1. The van der Waals surface area contributed by atoms with Crippen molar-refractivity contribution in [1.29, 1.82) is 0 Å². The van der Waals surface area contributed by atoms with Gasteiger partial charge in [-0.2, -0.15) is 0 Å². The number of anilines is 1. The minimum absolute atomic E-state index is 0. The van der Waals surface area contributed by atoms with Gasteiger partial charge in [-0.05, 0) is 12.3 Å². The van der Waals surface area contributed by atoms with Crippen molar-refractivity contribution in [2.24, 2.45) is 11.7 Å². The molecule has 2 rings (SSSR count). The zero-order chi connectivity index (χ0) is 15.2. The summed E-state index contributed by atoms with van der Waals surface area (Å²) in [4.78, 5) is 13.5. The van der Waals surface area contributed by atoms with E-state index in [4.69, 9.17) is 15.2 Å². The molecule has 1 aliphatic rings. The lowest BCUT2D eigenvalue weighted by Gasteiger charge is -2.20. The molecule has 0 spiro atoms. The summed E-state index contributed by atoms with van der Waals surface area (Å²) in [5, 5.41) is 2.85. The topological polar surface area (TPSA) is 76.8 Å². The maximum Gasteiger partial charge on any atom is 0.233 e. The van der Waals surface area contributed by atoms with Gasteiger partial charge in [-0.15, -0.1) is 24.8 Å². The van der Waals surface area contributed by atoms with Crippen LogP contribution in [0.25, 0.3) is 0 Å². The Morgan fingerprint density at radius 3 is 2.39 bits per heavy atom. The smallest absolute Gasteiger partial charge is 0.233 e. The van der Waals surface area contributed by atoms with Gasteiger partial charge >= 0.3 is 0 Å². The van der Waals surface area contributed by atoms with Gasteiger partial charge in [-0.3, -0.25) is 4.79 Å². The van der Waals surface area contributed by atoms with Crippen LogP contribution in [0.15, 0.2) is 18.2 Å². The zero-order valence-corrected chi connectivity index (χ0v) is 15.0. The Morgan fingerprint density at radius 1 is 1.26 bits per heavy atom. The number of nitrogens with two attached hydrogens (primary N) is 1. The molecule has 1 atom stereocenters. The molecular weight excluding hydrogens is 341 g/mol. The maximum absolute atomic E-state index is 11.2. The lowest BCUT2D eigenvalue weighted by atomic mass is 10.1. The van der Waals surface area contributed by atoms with Gasteiger partial charge in [0.2, 0.25) is 5.91 Å². The number of hydrogen-bond donors (Lipinski definition) is 2. The number of methoxy groups -OCH3 is 2. The normalized spacial score (nSPS) is 16.1. The molecule has 0 radical (unpaired) electrons. The highest BCUT2D eigenvalue weighted by molar-refractivity contribution is 5.85. The van der Waals surface area contributed by atoms with E-state index in [2.05, 4.69) is 10.2 Å². The van der Waals surface area contributed by atoms with E-state index in [0.717, 1.165) is 36.7 Å². The second-order valence-corrected chi connectivity index (χ2v) is 5.18. The molecule has 1 aromatic rings. The van der Waals surface area contributed by atoms with Crippen LogP contribution in [0.3, 0.4) is 0 Å².